The van der Waals surface area contributed by atoms with Crippen molar-refractivity contribution in [2.75, 3.05) is 26.2 Å². The fraction of sp³-hybridized carbons (Fsp3) is 0.583. The summed E-state index contributed by atoms with van der Waals surface area (Å²) in [5, 5.41) is 24.7. The van der Waals surface area contributed by atoms with E-state index in [9.17, 15) is 9.59 Å². The first kappa shape index (κ1) is 14.8. The lowest BCUT2D eigenvalue weighted by atomic mass is 10.1. The van der Waals surface area contributed by atoms with E-state index in [1.165, 1.54) is 10.9 Å². The number of urea groups is 1. The maximum absolute atomic E-state index is 12.2. The molecule has 0 saturated carbocycles. The molecule has 2 heterocycles. The SMILES string of the molecule is CCN(CCC#N)C(=O)N1CC(n2cc(C(=O)O)nn2)C1. The van der Waals surface area contributed by atoms with Gasteiger partial charge in [0.15, 0.2) is 5.69 Å². The van der Waals surface area contributed by atoms with Crippen LogP contribution in [-0.4, -0.2) is 68.1 Å². The molecule has 1 saturated heterocycles. The van der Waals surface area contributed by atoms with E-state index >= 15 is 0 Å². The molecule has 1 aromatic rings. The molecule has 1 aromatic heterocycles. The zero-order valence-corrected chi connectivity index (χ0v) is 11.6. The smallest absolute Gasteiger partial charge is 0.358 e. The molecule has 0 aromatic carbocycles. The van der Waals surface area contributed by atoms with Crippen molar-refractivity contribution in [3.8, 4) is 6.07 Å². The molecule has 1 N–H and O–H groups in total. The van der Waals surface area contributed by atoms with E-state index in [1.54, 1.807) is 9.80 Å². The minimum absolute atomic E-state index is 0.0516. The van der Waals surface area contributed by atoms with Gasteiger partial charge in [0.2, 0.25) is 0 Å². The molecular formula is C12H16N6O3. The molecule has 112 valence electrons. The Bertz CT molecular complexity index is 572. The molecule has 2 rings (SSSR count). The fourth-order valence-corrected chi connectivity index (χ4v) is 2.11. The number of aromatic carboxylic acids is 1. The van der Waals surface area contributed by atoms with Gasteiger partial charge in [-0.15, -0.1) is 5.10 Å². The Morgan fingerprint density at radius 2 is 2.29 bits per heavy atom. The molecule has 9 nitrogen and oxygen atoms in total. The molecule has 0 aliphatic carbocycles. The normalized spacial score (nSPS) is 14.4. The van der Waals surface area contributed by atoms with E-state index in [2.05, 4.69) is 10.3 Å². The third kappa shape index (κ3) is 3.10. The zero-order chi connectivity index (χ0) is 15.4. The molecule has 1 aliphatic rings. The fourth-order valence-electron chi connectivity index (χ4n) is 2.11. The van der Waals surface area contributed by atoms with Crippen molar-refractivity contribution in [3.63, 3.8) is 0 Å². The van der Waals surface area contributed by atoms with Crippen LogP contribution in [0.15, 0.2) is 6.20 Å². The van der Waals surface area contributed by atoms with Crippen LogP contribution in [0.25, 0.3) is 0 Å². The van der Waals surface area contributed by atoms with E-state index in [0.717, 1.165) is 0 Å². The van der Waals surface area contributed by atoms with Gasteiger partial charge in [0.05, 0.1) is 24.7 Å². The van der Waals surface area contributed by atoms with Crippen molar-refractivity contribution in [2.24, 2.45) is 0 Å². The quantitative estimate of drug-likeness (QED) is 0.828. The van der Waals surface area contributed by atoms with Gasteiger partial charge in [0, 0.05) is 26.2 Å². The van der Waals surface area contributed by atoms with Crippen LogP contribution >= 0.6 is 0 Å². The second-order valence-corrected chi connectivity index (χ2v) is 4.72. The van der Waals surface area contributed by atoms with Crippen LogP contribution in [0, 0.1) is 11.3 Å². The van der Waals surface area contributed by atoms with E-state index in [-0.39, 0.29) is 17.8 Å². The summed E-state index contributed by atoms with van der Waals surface area (Å²) in [4.78, 5) is 26.1. The number of carbonyl (C=O) groups is 2. The molecule has 1 fully saturated rings. The van der Waals surface area contributed by atoms with Gasteiger partial charge < -0.3 is 14.9 Å². The maximum Gasteiger partial charge on any atom is 0.358 e. The number of rotatable bonds is 5. The molecular weight excluding hydrogens is 276 g/mol. The van der Waals surface area contributed by atoms with Gasteiger partial charge in [-0.1, -0.05) is 5.21 Å². The van der Waals surface area contributed by atoms with Gasteiger partial charge >= 0.3 is 12.0 Å². The van der Waals surface area contributed by atoms with E-state index in [0.29, 0.717) is 32.6 Å². The lowest BCUT2D eigenvalue weighted by molar-refractivity contribution is 0.0689. The number of hydrogen-bond acceptors (Lipinski definition) is 5. The highest BCUT2D eigenvalue weighted by Gasteiger charge is 2.35. The summed E-state index contributed by atoms with van der Waals surface area (Å²) in [6.45, 7) is 3.76. The number of hydrogen-bond donors (Lipinski definition) is 1. The predicted molar refractivity (Wildman–Crippen MR) is 70.5 cm³/mol. The number of carboxylic acids is 1. The molecule has 0 radical (unpaired) electrons. The van der Waals surface area contributed by atoms with E-state index in [4.69, 9.17) is 10.4 Å². The first-order valence-corrected chi connectivity index (χ1v) is 6.62. The molecule has 0 spiro atoms. The Morgan fingerprint density at radius 3 is 2.81 bits per heavy atom. The van der Waals surface area contributed by atoms with Gasteiger partial charge in [0.25, 0.3) is 0 Å². The lowest BCUT2D eigenvalue weighted by Crippen LogP contribution is -2.55. The van der Waals surface area contributed by atoms with Crippen molar-refractivity contribution < 1.29 is 14.7 Å². The standard InChI is InChI=1S/C12H16N6O3/c1-2-16(5-3-4-13)12(21)17-6-9(7-17)18-8-10(11(19)20)14-15-18/h8-9H,2-3,5-7H2,1H3,(H,19,20). The van der Waals surface area contributed by atoms with Crippen LogP contribution in [0.4, 0.5) is 4.79 Å². The summed E-state index contributed by atoms with van der Waals surface area (Å²) in [7, 11) is 0. The number of aromatic nitrogens is 3. The van der Waals surface area contributed by atoms with E-state index in [1.807, 2.05) is 13.0 Å². The zero-order valence-electron chi connectivity index (χ0n) is 11.6. The van der Waals surface area contributed by atoms with Crippen LogP contribution in [0.1, 0.15) is 29.9 Å². The molecule has 0 bridgehead atoms. The van der Waals surface area contributed by atoms with Gasteiger partial charge in [-0.3, -0.25) is 0 Å². The Morgan fingerprint density at radius 1 is 1.57 bits per heavy atom. The third-order valence-electron chi connectivity index (χ3n) is 3.38. The minimum Gasteiger partial charge on any atom is -0.476 e. The monoisotopic (exact) mass is 292 g/mol. The van der Waals surface area contributed by atoms with Gasteiger partial charge in [-0.05, 0) is 6.92 Å². The van der Waals surface area contributed by atoms with Crippen molar-refractivity contribution in [1.82, 2.24) is 24.8 Å². The van der Waals surface area contributed by atoms with Gasteiger partial charge in [-0.25, -0.2) is 14.3 Å². The molecule has 0 unspecified atom stereocenters. The second-order valence-electron chi connectivity index (χ2n) is 4.72. The molecule has 9 heteroatoms. The summed E-state index contributed by atoms with van der Waals surface area (Å²) in [5.74, 6) is -1.12. The third-order valence-corrected chi connectivity index (χ3v) is 3.38. The summed E-state index contributed by atoms with van der Waals surface area (Å²) in [6.07, 6.45) is 1.67. The first-order valence-electron chi connectivity index (χ1n) is 6.62. The maximum atomic E-state index is 12.2. The number of nitriles is 1. The number of carboxylic acid groups (broad SMARTS) is 1. The second kappa shape index (κ2) is 6.21. The molecule has 21 heavy (non-hydrogen) atoms. The number of nitrogens with zero attached hydrogens (tertiary/aromatic N) is 6. The van der Waals surface area contributed by atoms with Crippen LogP contribution in [0.3, 0.4) is 0 Å². The summed E-state index contributed by atoms with van der Waals surface area (Å²) >= 11 is 0. The minimum atomic E-state index is -1.12. The highest BCUT2D eigenvalue weighted by atomic mass is 16.4. The highest BCUT2D eigenvalue weighted by molar-refractivity contribution is 5.84. The molecule has 0 atom stereocenters. The van der Waals surface area contributed by atoms with Crippen molar-refractivity contribution >= 4 is 12.0 Å². The van der Waals surface area contributed by atoms with Crippen LogP contribution < -0.4 is 0 Å². The average Bonchev–Trinajstić information content (AvgIpc) is 2.87. The number of carbonyl (C=O) groups excluding carboxylic acids is 1. The Kier molecular flexibility index (Phi) is 4.37. The predicted octanol–water partition coefficient (Wildman–Crippen LogP) is 0.189. The number of likely N-dealkylation sites (tertiary alicyclic amines) is 1. The number of amides is 2. The van der Waals surface area contributed by atoms with Gasteiger partial charge in [0.1, 0.15) is 0 Å². The summed E-state index contributed by atoms with van der Waals surface area (Å²) in [6, 6.07) is 1.86. The summed E-state index contributed by atoms with van der Waals surface area (Å²) < 4.78 is 1.47. The van der Waals surface area contributed by atoms with Crippen LogP contribution in [0.5, 0.6) is 0 Å². The highest BCUT2D eigenvalue weighted by Crippen LogP contribution is 2.21. The van der Waals surface area contributed by atoms with Crippen molar-refractivity contribution in [3.05, 3.63) is 11.9 Å². The Labute approximate surface area is 121 Å². The molecule has 2 amide bonds. The van der Waals surface area contributed by atoms with Crippen LogP contribution in [-0.2, 0) is 0 Å². The first-order chi connectivity index (χ1) is 10.1. The van der Waals surface area contributed by atoms with E-state index < -0.39 is 5.97 Å². The Balaban J connectivity index is 1.89. The van der Waals surface area contributed by atoms with Crippen molar-refractivity contribution in [2.45, 2.75) is 19.4 Å². The Hall–Kier alpha value is -2.63. The summed E-state index contributed by atoms with van der Waals surface area (Å²) in [5.41, 5.74) is -0.107. The average molecular weight is 292 g/mol. The topological polar surface area (TPSA) is 115 Å². The molecule has 1 aliphatic heterocycles. The van der Waals surface area contributed by atoms with Gasteiger partial charge in [-0.2, -0.15) is 5.26 Å². The lowest BCUT2D eigenvalue weighted by Gasteiger charge is -2.41. The van der Waals surface area contributed by atoms with Crippen molar-refractivity contribution in [1.29, 1.82) is 5.26 Å². The van der Waals surface area contributed by atoms with Crippen LogP contribution in [0.2, 0.25) is 0 Å². The largest absolute Gasteiger partial charge is 0.476 e.